The number of rotatable bonds is 8. The van der Waals surface area contributed by atoms with Gasteiger partial charge in [0.2, 0.25) is 6.10 Å². The van der Waals surface area contributed by atoms with Gasteiger partial charge in [-0.3, -0.25) is 0 Å². The molecule has 0 saturated heterocycles. The summed E-state index contributed by atoms with van der Waals surface area (Å²) in [5.74, 6) is -6.36. The molecule has 2 unspecified atom stereocenters. The zero-order valence-electron chi connectivity index (χ0n) is 14.1. The van der Waals surface area contributed by atoms with Crippen LogP contribution in [0.5, 0.6) is 0 Å². The van der Waals surface area contributed by atoms with E-state index in [2.05, 4.69) is 19.7 Å². The number of aliphatic hydroxyl groups is 2. The second kappa shape index (κ2) is 8.42. The van der Waals surface area contributed by atoms with Crippen molar-refractivity contribution < 1.29 is 38.8 Å². The largest absolute Gasteiger partial charge is 0.445 e. The molecule has 134 valence electrons. The molecule has 2 atom stereocenters. The van der Waals surface area contributed by atoms with Crippen LogP contribution in [0.15, 0.2) is 36.5 Å². The molecule has 2 N–H and O–H groups in total. The minimum Gasteiger partial charge on any atom is -0.445 e. The first-order valence-electron chi connectivity index (χ1n) is 6.86. The number of ether oxygens (including phenoxy) is 3. The Kier molecular flexibility index (Phi) is 7.56. The number of carbonyl (C=O) groups excluding carboxylic acids is 3. The van der Waals surface area contributed by atoms with Gasteiger partial charge in [-0.1, -0.05) is 19.7 Å². The van der Waals surface area contributed by atoms with Gasteiger partial charge in [-0.2, -0.15) is 0 Å². The zero-order chi connectivity index (χ0) is 19.2. The Bertz CT molecular complexity index is 545. The summed E-state index contributed by atoms with van der Waals surface area (Å²) < 4.78 is 14.2. The third kappa shape index (κ3) is 5.98. The highest BCUT2D eigenvalue weighted by atomic mass is 16.9. The van der Waals surface area contributed by atoms with Crippen LogP contribution >= 0.6 is 0 Å². The Labute approximate surface area is 140 Å². The molecule has 0 aliphatic heterocycles. The molecule has 0 rings (SSSR count). The number of esters is 3. The van der Waals surface area contributed by atoms with Gasteiger partial charge >= 0.3 is 23.9 Å². The van der Waals surface area contributed by atoms with Crippen LogP contribution in [0.1, 0.15) is 27.7 Å². The number of carbonyl (C=O) groups is 3. The first-order valence-corrected chi connectivity index (χ1v) is 6.86. The van der Waals surface area contributed by atoms with E-state index in [1.165, 1.54) is 20.8 Å². The third-order valence-corrected chi connectivity index (χ3v) is 2.55. The van der Waals surface area contributed by atoms with Crippen molar-refractivity contribution in [1.29, 1.82) is 0 Å². The van der Waals surface area contributed by atoms with Crippen molar-refractivity contribution in [3.8, 4) is 0 Å². The summed E-state index contributed by atoms with van der Waals surface area (Å²) in [5.41, 5.74) is -0.314. The second-order valence-electron chi connectivity index (χ2n) is 5.32. The highest BCUT2D eigenvalue weighted by molar-refractivity contribution is 5.89. The average Bonchev–Trinajstić information content (AvgIpc) is 2.42. The molecular weight excluding hydrogens is 320 g/mol. The Morgan fingerprint density at radius 3 is 1.46 bits per heavy atom. The molecule has 8 nitrogen and oxygen atoms in total. The van der Waals surface area contributed by atoms with Crippen LogP contribution < -0.4 is 0 Å². The summed E-state index contributed by atoms with van der Waals surface area (Å²) in [7, 11) is 0. The summed E-state index contributed by atoms with van der Waals surface area (Å²) in [6, 6.07) is 0. The summed E-state index contributed by atoms with van der Waals surface area (Å²) in [4.78, 5) is 35.1. The van der Waals surface area contributed by atoms with E-state index in [4.69, 9.17) is 14.2 Å². The van der Waals surface area contributed by atoms with Crippen LogP contribution in [0.3, 0.4) is 0 Å². The van der Waals surface area contributed by atoms with Crippen LogP contribution in [-0.2, 0) is 28.6 Å². The van der Waals surface area contributed by atoms with Gasteiger partial charge in [0.15, 0.2) is 0 Å². The van der Waals surface area contributed by atoms with Crippen molar-refractivity contribution in [2.45, 2.75) is 45.9 Å². The van der Waals surface area contributed by atoms with Crippen molar-refractivity contribution >= 4 is 17.9 Å². The van der Waals surface area contributed by atoms with Gasteiger partial charge < -0.3 is 24.4 Å². The van der Waals surface area contributed by atoms with Gasteiger partial charge in [0.05, 0.1) is 6.10 Å². The third-order valence-electron chi connectivity index (χ3n) is 2.55. The lowest BCUT2D eigenvalue weighted by atomic mass is 10.1. The van der Waals surface area contributed by atoms with Crippen molar-refractivity contribution in [2.75, 3.05) is 0 Å². The normalized spacial score (nSPS) is 13.2. The van der Waals surface area contributed by atoms with Crippen molar-refractivity contribution in [3.05, 3.63) is 36.5 Å². The highest BCUT2D eigenvalue weighted by Crippen LogP contribution is 2.24. The van der Waals surface area contributed by atoms with Crippen LogP contribution in [0.25, 0.3) is 0 Å². The van der Waals surface area contributed by atoms with E-state index >= 15 is 0 Å². The van der Waals surface area contributed by atoms with Gasteiger partial charge in [0.25, 0.3) is 0 Å². The second-order valence-corrected chi connectivity index (χ2v) is 5.32. The molecule has 0 aliphatic rings. The van der Waals surface area contributed by atoms with Crippen molar-refractivity contribution in [3.63, 3.8) is 0 Å². The van der Waals surface area contributed by atoms with E-state index in [0.29, 0.717) is 0 Å². The Morgan fingerprint density at radius 2 is 1.21 bits per heavy atom. The maximum absolute atomic E-state index is 11.7. The molecule has 0 aromatic rings. The van der Waals surface area contributed by atoms with Gasteiger partial charge in [-0.05, 0) is 27.7 Å². The van der Waals surface area contributed by atoms with Crippen LogP contribution in [0.4, 0.5) is 0 Å². The minimum atomic E-state index is -3.09. The lowest BCUT2D eigenvalue weighted by Crippen LogP contribution is -2.56. The van der Waals surface area contributed by atoms with E-state index < -0.39 is 36.1 Å². The van der Waals surface area contributed by atoms with Gasteiger partial charge in [0, 0.05) is 16.7 Å². The van der Waals surface area contributed by atoms with Crippen LogP contribution in [0, 0.1) is 0 Å². The molecule has 0 aliphatic carbocycles. The SMILES string of the molecule is C=C(C)C(=O)OC(C(C)O)C(O)(OC(=O)C(=C)C)OC(=O)C(=C)C. The molecule has 0 radical (unpaired) electrons. The maximum Gasteiger partial charge on any atom is 0.416 e. The molecule has 0 aromatic carbocycles. The van der Waals surface area contributed by atoms with E-state index in [9.17, 15) is 24.6 Å². The lowest BCUT2D eigenvalue weighted by molar-refractivity contribution is -0.368. The fraction of sp³-hybridized carbons (Fsp3) is 0.438. The predicted molar refractivity (Wildman–Crippen MR) is 83.1 cm³/mol. The molecule has 24 heavy (non-hydrogen) atoms. The highest BCUT2D eigenvalue weighted by Gasteiger charge is 2.51. The zero-order valence-corrected chi connectivity index (χ0v) is 14.1. The minimum absolute atomic E-state index is 0.0551. The topological polar surface area (TPSA) is 119 Å². The molecule has 0 amide bonds. The molecule has 0 saturated carbocycles. The van der Waals surface area contributed by atoms with E-state index in [0.717, 1.165) is 6.92 Å². The first kappa shape index (κ1) is 21.6. The molecule has 0 bridgehead atoms. The standard InChI is InChI=1S/C16H22O8/c1-8(2)13(18)22-12(11(7)17)16(21,23-14(19)9(3)4)24-15(20)10(5)6/h11-12,17,21H,1,3,5H2,2,4,6-7H3. The summed E-state index contributed by atoms with van der Waals surface area (Å²) in [6.07, 6.45) is -3.51. The van der Waals surface area contributed by atoms with E-state index in [1.54, 1.807) is 0 Å². The fourth-order valence-corrected chi connectivity index (χ4v) is 1.27. The van der Waals surface area contributed by atoms with Crippen LogP contribution in [0.2, 0.25) is 0 Å². The number of aliphatic hydroxyl groups excluding tert-OH is 1. The smallest absolute Gasteiger partial charge is 0.416 e. The first-order chi connectivity index (χ1) is 10.8. The van der Waals surface area contributed by atoms with Crippen molar-refractivity contribution in [1.82, 2.24) is 0 Å². The number of hydrogen-bond donors (Lipinski definition) is 2. The van der Waals surface area contributed by atoms with Crippen LogP contribution in [-0.4, -0.2) is 46.3 Å². The summed E-state index contributed by atoms with van der Waals surface area (Å²) in [6.45, 7) is 15.0. The molecule has 0 spiro atoms. The number of hydrogen-bond acceptors (Lipinski definition) is 8. The quantitative estimate of drug-likeness (QED) is 0.376. The summed E-state index contributed by atoms with van der Waals surface area (Å²) in [5, 5.41) is 20.3. The van der Waals surface area contributed by atoms with Gasteiger partial charge in [0.1, 0.15) is 0 Å². The monoisotopic (exact) mass is 342 g/mol. The Balaban J connectivity index is 5.81. The molecule has 0 heterocycles. The fourth-order valence-electron chi connectivity index (χ4n) is 1.27. The molecular formula is C16H22O8. The van der Waals surface area contributed by atoms with E-state index in [1.807, 2.05) is 0 Å². The lowest BCUT2D eigenvalue weighted by Gasteiger charge is -2.34. The molecule has 0 aromatic heterocycles. The predicted octanol–water partition coefficient (Wildman–Crippen LogP) is 0.740. The van der Waals surface area contributed by atoms with E-state index in [-0.39, 0.29) is 16.7 Å². The molecule has 0 fully saturated rings. The summed E-state index contributed by atoms with van der Waals surface area (Å²) >= 11 is 0. The molecule has 8 heteroatoms. The maximum atomic E-state index is 11.7. The van der Waals surface area contributed by atoms with Gasteiger partial charge in [-0.15, -0.1) is 0 Å². The van der Waals surface area contributed by atoms with Crippen molar-refractivity contribution in [2.24, 2.45) is 0 Å². The Morgan fingerprint density at radius 1 is 0.875 bits per heavy atom. The average molecular weight is 342 g/mol. The van der Waals surface area contributed by atoms with Gasteiger partial charge in [-0.25, -0.2) is 14.4 Å². The Hall–Kier alpha value is -2.45.